The van der Waals surface area contributed by atoms with Crippen LogP contribution in [0, 0.1) is 6.92 Å². The number of hydrogen-bond donors (Lipinski definition) is 3. The molecule has 0 radical (unpaired) electrons. The van der Waals surface area contributed by atoms with Crippen LogP contribution in [0.25, 0.3) is 0 Å². The summed E-state index contributed by atoms with van der Waals surface area (Å²) in [6.07, 6.45) is 6.06. The van der Waals surface area contributed by atoms with E-state index in [1.54, 1.807) is 12.5 Å². The molecule has 0 saturated carbocycles. The fraction of sp³-hybridized carbons (Fsp3) is 0.273. The summed E-state index contributed by atoms with van der Waals surface area (Å²) in [6, 6.07) is 1.91. The summed E-state index contributed by atoms with van der Waals surface area (Å²) in [5, 5.41) is 3.26. The summed E-state index contributed by atoms with van der Waals surface area (Å²) in [5.74, 6) is 0.883. The van der Waals surface area contributed by atoms with Crippen LogP contribution in [0.4, 0.5) is 11.5 Å². The van der Waals surface area contributed by atoms with Gasteiger partial charge in [-0.1, -0.05) is 0 Å². The van der Waals surface area contributed by atoms with E-state index < -0.39 is 0 Å². The molecule has 0 aliphatic rings. The summed E-state index contributed by atoms with van der Waals surface area (Å²) < 4.78 is 0. The molecule has 0 spiro atoms. The maximum absolute atomic E-state index is 5.63. The average molecular weight is 217 g/mol. The molecular weight excluding hydrogens is 202 g/mol. The lowest BCUT2D eigenvalue weighted by Gasteiger charge is -2.07. The van der Waals surface area contributed by atoms with Gasteiger partial charge in [-0.2, -0.15) is 0 Å². The summed E-state index contributed by atoms with van der Waals surface area (Å²) in [5.41, 5.74) is 8.49. The lowest BCUT2D eigenvalue weighted by molar-refractivity contribution is 0.965. The second-order valence-corrected chi connectivity index (χ2v) is 3.69. The molecule has 16 heavy (non-hydrogen) atoms. The number of anilines is 2. The van der Waals surface area contributed by atoms with Crippen LogP contribution in [0.15, 0.2) is 24.8 Å². The van der Waals surface area contributed by atoms with Crippen LogP contribution in [0.5, 0.6) is 0 Å². The van der Waals surface area contributed by atoms with Crippen LogP contribution in [-0.2, 0) is 6.42 Å². The number of aromatic nitrogens is 3. The molecule has 0 atom stereocenters. The van der Waals surface area contributed by atoms with Gasteiger partial charge >= 0.3 is 0 Å². The predicted octanol–water partition coefficient (Wildman–Crippen LogP) is 1.35. The fourth-order valence-electron chi connectivity index (χ4n) is 1.52. The number of imidazole rings is 1. The maximum Gasteiger partial charge on any atom is 0.129 e. The minimum absolute atomic E-state index is 0.691. The van der Waals surface area contributed by atoms with Crippen molar-refractivity contribution in [3.05, 3.63) is 36.0 Å². The quantitative estimate of drug-likeness (QED) is 0.722. The number of nitrogens with zero attached hydrogens (tertiary/aromatic N) is 2. The van der Waals surface area contributed by atoms with Crippen LogP contribution in [0.1, 0.15) is 11.3 Å². The lowest BCUT2D eigenvalue weighted by Crippen LogP contribution is -2.08. The van der Waals surface area contributed by atoms with Crippen molar-refractivity contribution in [1.29, 1.82) is 0 Å². The molecule has 2 aromatic rings. The summed E-state index contributed by atoms with van der Waals surface area (Å²) in [7, 11) is 0. The Morgan fingerprint density at radius 3 is 3.00 bits per heavy atom. The summed E-state index contributed by atoms with van der Waals surface area (Å²) >= 11 is 0. The molecule has 5 nitrogen and oxygen atoms in total. The second-order valence-electron chi connectivity index (χ2n) is 3.69. The molecule has 84 valence electrons. The third-order valence-corrected chi connectivity index (χ3v) is 2.34. The number of H-pyrrole nitrogens is 1. The Bertz CT molecular complexity index is 449. The predicted molar refractivity (Wildman–Crippen MR) is 64.2 cm³/mol. The van der Waals surface area contributed by atoms with Crippen LogP contribution >= 0.6 is 0 Å². The van der Waals surface area contributed by atoms with Gasteiger partial charge in [-0.05, 0) is 18.6 Å². The highest BCUT2D eigenvalue weighted by molar-refractivity contribution is 5.50. The highest BCUT2D eigenvalue weighted by Crippen LogP contribution is 2.13. The first-order valence-electron chi connectivity index (χ1n) is 5.19. The molecule has 0 aliphatic carbocycles. The Morgan fingerprint density at radius 1 is 1.44 bits per heavy atom. The van der Waals surface area contributed by atoms with E-state index in [1.807, 2.05) is 19.2 Å². The zero-order valence-electron chi connectivity index (χ0n) is 9.20. The fourth-order valence-corrected chi connectivity index (χ4v) is 1.52. The van der Waals surface area contributed by atoms with Crippen molar-refractivity contribution in [3.63, 3.8) is 0 Å². The molecule has 5 heteroatoms. The third kappa shape index (κ3) is 2.50. The molecule has 0 aliphatic heterocycles. The topological polar surface area (TPSA) is 79.6 Å². The van der Waals surface area contributed by atoms with E-state index in [2.05, 4.69) is 20.3 Å². The number of rotatable bonds is 4. The SMILES string of the molecule is Cc1cc(N)cnc1NCCc1cnc[nH]1. The zero-order chi connectivity index (χ0) is 11.4. The van der Waals surface area contributed by atoms with Gasteiger partial charge in [-0.25, -0.2) is 9.97 Å². The standard InChI is InChI=1S/C11H15N5/c1-8-4-9(12)5-15-11(8)14-3-2-10-6-13-7-16-10/h4-7H,2-3,12H2,1H3,(H,13,16)(H,14,15). The van der Waals surface area contributed by atoms with Crippen molar-refractivity contribution in [2.75, 3.05) is 17.6 Å². The van der Waals surface area contributed by atoms with Crippen molar-refractivity contribution in [3.8, 4) is 0 Å². The van der Waals surface area contributed by atoms with Gasteiger partial charge in [0.05, 0.1) is 18.2 Å². The molecule has 2 heterocycles. The number of aromatic amines is 1. The van der Waals surface area contributed by atoms with E-state index in [1.165, 1.54) is 0 Å². The molecule has 2 aromatic heterocycles. The minimum atomic E-state index is 0.691. The Balaban J connectivity index is 1.90. The van der Waals surface area contributed by atoms with Gasteiger partial charge < -0.3 is 16.0 Å². The molecule has 0 unspecified atom stereocenters. The van der Waals surface area contributed by atoms with Crippen molar-refractivity contribution >= 4 is 11.5 Å². The van der Waals surface area contributed by atoms with Gasteiger partial charge in [0.15, 0.2) is 0 Å². The van der Waals surface area contributed by atoms with E-state index in [4.69, 9.17) is 5.73 Å². The Kier molecular flexibility index (Phi) is 3.05. The Hall–Kier alpha value is -2.04. The van der Waals surface area contributed by atoms with Gasteiger partial charge in [0.2, 0.25) is 0 Å². The van der Waals surface area contributed by atoms with Crippen molar-refractivity contribution in [2.45, 2.75) is 13.3 Å². The van der Waals surface area contributed by atoms with Gasteiger partial charge in [-0.15, -0.1) is 0 Å². The van der Waals surface area contributed by atoms with Gasteiger partial charge in [0, 0.05) is 24.9 Å². The number of aryl methyl sites for hydroxylation is 1. The second kappa shape index (κ2) is 4.65. The van der Waals surface area contributed by atoms with Crippen LogP contribution in [-0.4, -0.2) is 21.5 Å². The smallest absolute Gasteiger partial charge is 0.129 e. The van der Waals surface area contributed by atoms with Gasteiger partial charge in [-0.3, -0.25) is 0 Å². The van der Waals surface area contributed by atoms with Crippen LogP contribution in [0.2, 0.25) is 0 Å². The molecule has 0 fully saturated rings. The molecule has 4 N–H and O–H groups in total. The molecule has 0 saturated heterocycles. The van der Waals surface area contributed by atoms with Crippen molar-refractivity contribution in [2.24, 2.45) is 0 Å². The maximum atomic E-state index is 5.63. The minimum Gasteiger partial charge on any atom is -0.397 e. The molecule has 0 amide bonds. The Morgan fingerprint density at radius 2 is 2.31 bits per heavy atom. The number of nitrogens with two attached hydrogens (primary N) is 1. The molecular formula is C11H15N5. The monoisotopic (exact) mass is 217 g/mol. The number of nitrogen functional groups attached to an aromatic ring is 1. The van der Waals surface area contributed by atoms with E-state index >= 15 is 0 Å². The normalized spacial score (nSPS) is 10.3. The molecule has 0 bridgehead atoms. The number of nitrogens with one attached hydrogen (secondary N) is 2. The van der Waals surface area contributed by atoms with Crippen molar-refractivity contribution in [1.82, 2.24) is 15.0 Å². The van der Waals surface area contributed by atoms with E-state index in [-0.39, 0.29) is 0 Å². The largest absolute Gasteiger partial charge is 0.397 e. The number of pyridine rings is 1. The first kappa shape index (κ1) is 10.5. The van der Waals surface area contributed by atoms with Crippen LogP contribution < -0.4 is 11.1 Å². The average Bonchev–Trinajstić information content (AvgIpc) is 2.74. The zero-order valence-corrected chi connectivity index (χ0v) is 9.20. The summed E-state index contributed by atoms with van der Waals surface area (Å²) in [6.45, 7) is 2.81. The van der Waals surface area contributed by atoms with Crippen molar-refractivity contribution < 1.29 is 0 Å². The third-order valence-electron chi connectivity index (χ3n) is 2.34. The van der Waals surface area contributed by atoms with E-state index in [0.717, 1.165) is 30.0 Å². The highest BCUT2D eigenvalue weighted by Gasteiger charge is 2.00. The first-order valence-corrected chi connectivity index (χ1v) is 5.19. The Labute approximate surface area is 94.1 Å². The van der Waals surface area contributed by atoms with E-state index in [0.29, 0.717) is 5.69 Å². The van der Waals surface area contributed by atoms with Gasteiger partial charge in [0.1, 0.15) is 5.82 Å². The lowest BCUT2D eigenvalue weighted by atomic mass is 10.2. The van der Waals surface area contributed by atoms with Crippen LogP contribution in [0.3, 0.4) is 0 Å². The first-order chi connectivity index (χ1) is 7.75. The number of hydrogen-bond acceptors (Lipinski definition) is 4. The summed E-state index contributed by atoms with van der Waals surface area (Å²) in [4.78, 5) is 11.3. The molecule has 0 aromatic carbocycles. The molecule has 2 rings (SSSR count). The van der Waals surface area contributed by atoms with E-state index in [9.17, 15) is 0 Å². The van der Waals surface area contributed by atoms with Gasteiger partial charge in [0.25, 0.3) is 0 Å². The highest BCUT2D eigenvalue weighted by atomic mass is 15.0.